The van der Waals surface area contributed by atoms with Crippen molar-refractivity contribution in [3.8, 4) is 17.6 Å². The molecule has 172 valence electrons. The average Bonchev–Trinajstić information content (AvgIpc) is 2.79. The third kappa shape index (κ3) is 4.91. The van der Waals surface area contributed by atoms with Gasteiger partial charge >= 0.3 is 5.97 Å². The minimum Gasteiger partial charge on any atom is -0.505 e. The molecule has 9 nitrogen and oxygen atoms in total. The second-order valence-corrected chi connectivity index (χ2v) is 8.02. The molecule has 3 rings (SSSR count). The Morgan fingerprint density at radius 3 is 2.52 bits per heavy atom. The van der Waals surface area contributed by atoms with E-state index in [1.807, 2.05) is 24.3 Å². The van der Waals surface area contributed by atoms with Gasteiger partial charge in [-0.05, 0) is 51.1 Å². The molecule has 0 aliphatic carbocycles. The Labute approximate surface area is 191 Å². The van der Waals surface area contributed by atoms with Gasteiger partial charge in [0.15, 0.2) is 17.5 Å². The first-order chi connectivity index (χ1) is 15.7. The molecule has 0 aromatic heterocycles. The Morgan fingerprint density at radius 1 is 1.18 bits per heavy atom. The van der Waals surface area contributed by atoms with Crippen molar-refractivity contribution in [2.24, 2.45) is 5.41 Å². The van der Waals surface area contributed by atoms with E-state index in [0.717, 1.165) is 0 Å². The summed E-state index contributed by atoms with van der Waals surface area (Å²) in [6, 6.07) is 14.3. The molecule has 1 aliphatic rings. The maximum Gasteiger partial charge on any atom is 0.313 e. The van der Waals surface area contributed by atoms with Crippen LogP contribution in [-0.4, -0.2) is 40.4 Å². The van der Waals surface area contributed by atoms with Gasteiger partial charge < -0.3 is 19.9 Å². The van der Waals surface area contributed by atoms with E-state index in [2.05, 4.69) is 5.32 Å². The average molecular weight is 451 g/mol. The maximum atomic E-state index is 12.8. The molecular formula is C24H25N3O6. The lowest BCUT2D eigenvalue weighted by Crippen LogP contribution is -2.44. The van der Waals surface area contributed by atoms with Crippen molar-refractivity contribution in [2.45, 2.75) is 26.8 Å². The molecule has 0 spiro atoms. The molecule has 1 aliphatic heterocycles. The van der Waals surface area contributed by atoms with Crippen LogP contribution < -0.4 is 10.1 Å². The molecule has 2 aromatic carbocycles. The SMILES string of the molecule is CCOC(=O)C(C)(C)CNC(=O)C1=C(O)c2ccc(Oc3ccccc3)cc2C(C#N)N1O. The minimum atomic E-state index is -1.27. The number of benzene rings is 2. The van der Waals surface area contributed by atoms with Gasteiger partial charge in [-0.25, -0.2) is 5.06 Å². The number of hydrogen-bond donors (Lipinski definition) is 3. The van der Waals surface area contributed by atoms with Gasteiger partial charge in [-0.15, -0.1) is 0 Å². The molecule has 9 heteroatoms. The third-order valence-electron chi connectivity index (χ3n) is 5.11. The molecule has 0 fully saturated rings. The minimum absolute atomic E-state index is 0.108. The van der Waals surface area contributed by atoms with Crippen LogP contribution in [0.2, 0.25) is 0 Å². The fraction of sp³-hybridized carbons (Fsp3) is 0.292. The van der Waals surface area contributed by atoms with Gasteiger partial charge in [0, 0.05) is 17.7 Å². The second kappa shape index (κ2) is 9.63. The van der Waals surface area contributed by atoms with Crippen molar-refractivity contribution in [3.05, 3.63) is 65.4 Å². The van der Waals surface area contributed by atoms with Gasteiger partial charge in [0.1, 0.15) is 11.5 Å². The summed E-state index contributed by atoms with van der Waals surface area (Å²) in [6.07, 6.45) is 0. The van der Waals surface area contributed by atoms with Gasteiger partial charge in [-0.3, -0.25) is 14.8 Å². The van der Waals surface area contributed by atoms with E-state index in [1.165, 1.54) is 12.1 Å². The van der Waals surface area contributed by atoms with Crippen molar-refractivity contribution < 1.29 is 29.4 Å². The lowest BCUT2D eigenvalue weighted by atomic mass is 9.92. The summed E-state index contributed by atoms with van der Waals surface area (Å²) < 4.78 is 10.8. The van der Waals surface area contributed by atoms with Crippen molar-refractivity contribution in [1.29, 1.82) is 5.26 Å². The highest BCUT2D eigenvalue weighted by molar-refractivity contribution is 6.00. The first-order valence-electron chi connectivity index (χ1n) is 10.3. The Kier molecular flexibility index (Phi) is 6.89. The topological polar surface area (TPSA) is 132 Å². The number of para-hydroxylation sites is 1. The Morgan fingerprint density at radius 2 is 1.88 bits per heavy atom. The quantitative estimate of drug-likeness (QED) is 0.543. The first kappa shape index (κ1) is 23.6. The van der Waals surface area contributed by atoms with Gasteiger partial charge in [0.05, 0.1) is 18.1 Å². The highest BCUT2D eigenvalue weighted by Gasteiger charge is 2.38. The largest absolute Gasteiger partial charge is 0.505 e. The van der Waals surface area contributed by atoms with E-state index in [1.54, 1.807) is 39.0 Å². The van der Waals surface area contributed by atoms with E-state index in [9.17, 15) is 25.2 Å². The summed E-state index contributed by atoms with van der Waals surface area (Å²) in [6.45, 7) is 4.96. The van der Waals surface area contributed by atoms with Gasteiger partial charge in [-0.1, -0.05) is 18.2 Å². The number of nitrogens with zero attached hydrogens (tertiary/aromatic N) is 2. The number of rotatable bonds is 7. The van der Waals surface area contributed by atoms with Crippen molar-refractivity contribution in [3.63, 3.8) is 0 Å². The number of carbonyl (C=O) groups excluding carboxylic acids is 2. The fourth-order valence-corrected chi connectivity index (χ4v) is 3.29. The molecule has 0 saturated heterocycles. The fourth-order valence-electron chi connectivity index (χ4n) is 3.29. The van der Waals surface area contributed by atoms with E-state index in [-0.39, 0.29) is 24.3 Å². The number of aliphatic hydroxyl groups is 1. The number of hydrogen-bond acceptors (Lipinski definition) is 8. The van der Waals surface area contributed by atoms with Gasteiger partial charge in [-0.2, -0.15) is 5.26 Å². The number of amides is 1. The van der Waals surface area contributed by atoms with E-state index < -0.39 is 34.8 Å². The molecule has 3 N–H and O–H groups in total. The number of carbonyl (C=O) groups is 2. The lowest BCUT2D eigenvalue weighted by molar-refractivity contribution is -0.153. The monoisotopic (exact) mass is 451 g/mol. The number of nitriles is 1. The maximum absolute atomic E-state index is 12.8. The molecule has 1 atom stereocenters. The molecule has 1 unspecified atom stereocenters. The van der Waals surface area contributed by atoms with Crippen LogP contribution in [0.3, 0.4) is 0 Å². The third-order valence-corrected chi connectivity index (χ3v) is 5.11. The van der Waals surface area contributed by atoms with Crippen molar-refractivity contribution in [2.75, 3.05) is 13.2 Å². The Hall–Kier alpha value is -4.03. The predicted octanol–water partition coefficient (Wildman–Crippen LogP) is 3.68. The molecule has 2 aromatic rings. The number of fused-ring (bicyclic) bond motifs is 1. The molecule has 33 heavy (non-hydrogen) atoms. The van der Waals surface area contributed by atoms with Crippen LogP contribution in [0.4, 0.5) is 0 Å². The number of nitrogens with one attached hydrogen (secondary N) is 1. The normalized spacial score (nSPS) is 15.4. The van der Waals surface area contributed by atoms with Gasteiger partial charge in [0.2, 0.25) is 0 Å². The van der Waals surface area contributed by atoms with Gasteiger partial charge in [0.25, 0.3) is 5.91 Å². The van der Waals surface area contributed by atoms with Crippen LogP contribution in [0, 0.1) is 16.7 Å². The van der Waals surface area contributed by atoms with Crippen LogP contribution in [0.15, 0.2) is 54.2 Å². The summed E-state index contributed by atoms with van der Waals surface area (Å²) >= 11 is 0. The molecular weight excluding hydrogens is 426 g/mol. The summed E-state index contributed by atoms with van der Waals surface area (Å²) in [7, 11) is 0. The zero-order chi connectivity index (χ0) is 24.2. The predicted molar refractivity (Wildman–Crippen MR) is 118 cm³/mol. The van der Waals surface area contributed by atoms with E-state index in [0.29, 0.717) is 16.6 Å². The molecule has 0 saturated carbocycles. The summed E-state index contributed by atoms with van der Waals surface area (Å²) in [5, 5.41) is 34.0. The zero-order valence-corrected chi connectivity index (χ0v) is 18.5. The number of ether oxygens (including phenoxy) is 2. The lowest BCUT2D eigenvalue weighted by Gasteiger charge is -2.32. The smallest absolute Gasteiger partial charge is 0.313 e. The number of hydroxylamine groups is 2. The van der Waals surface area contributed by atoms with Crippen LogP contribution in [0.25, 0.3) is 5.76 Å². The summed E-state index contributed by atoms with van der Waals surface area (Å²) in [5.41, 5.74) is -1.05. The standard InChI is InChI=1S/C24H25N3O6/c1-4-32-23(30)24(2,3)14-26-22(29)20-21(28)17-11-10-16(33-15-8-6-5-7-9-15)12-18(17)19(13-25)27(20)31/h5-12,19,28,31H,4,14H2,1-3H3,(H,26,29). The molecule has 1 amide bonds. The Balaban J connectivity index is 1.88. The van der Waals surface area contributed by atoms with Crippen molar-refractivity contribution >= 4 is 17.6 Å². The van der Waals surface area contributed by atoms with Crippen molar-refractivity contribution in [1.82, 2.24) is 10.4 Å². The number of aliphatic hydroxyl groups excluding tert-OH is 1. The second-order valence-electron chi connectivity index (χ2n) is 8.02. The first-order valence-corrected chi connectivity index (χ1v) is 10.3. The zero-order valence-electron chi connectivity index (χ0n) is 18.5. The van der Waals surface area contributed by atoms with Crippen LogP contribution in [0.1, 0.15) is 37.9 Å². The van der Waals surface area contributed by atoms with Crippen LogP contribution >= 0.6 is 0 Å². The number of esters is 1. The summed E-state index contributed by atoms with van der Waals surface area (Å²) in [5.74, 6) is -0.879. The highest BCUT2D eigenvalue weighted by Crippen LogP contribution is 2.39. The van der Waals surface area contributed by atoms with E-state index in [4.69, 9.17) is 9.47 Å². The molecule has 0 bridgehead atoms. The highest BCUT2D eigenvalue weighted by atomic mass is 16.5. The molecule has 0 radical (unpaired) electrons. The Bertz CT molecular complexity index is 1120. The summed E-state index contributed by atoms with van der Waals surface area (Å²) in [4.78, 5) is 24.9. The van der Waals surface area contributed by atoms with Crippen LogP contribution in [-0.2, 0) is 14.3 Å². The molecule has 1 heterocycles. The van der Waals surface area contributed by atoms with Crippen LogP contribution in [0.5, 0.6) is 11.5 Å². The van der Waals surface area contributed by atoms with E-state index >= 15 is 0 Å².